The van der Waals surface area contributed by atoms with Crippen molar-refractivity contribution < 1.29 is 9.53 Å². The summed E-state index contributed by atoms with van der Waals surface area (Å²) in [7, 11) is 0. The molecule has 1 aromatic heterocycles. The smallest absolute Gasteiger partial charge is 0.411 e. The first-order valence-electron chi connectivity index (χ1n) is 6.79. The molecule has 0 fully saturated rings. The molecular weight excluding hydrogens is 335 g/mol. The molecule has 1 aliphatic rings. The first-order chi connectivity index (χ1) is 9.76. The van der Waals surface area contributed by atoms with Crippen molar-refractivity contribution in [2.45, 2.75) is 42.8 Å². The van der Waals surface area contributed by atoms with Crippen LogP contribution in [0.3, 0.4) is 0 Å². The van der Waals surface area contributed by atoms with Gasteiger partial charge in [-0.05, 0) is 36.8 Å². The van der Waals surface area contributed by atoms with Gasteiger partial charge in [-0.25, -0.2) is 4.79 Å². The molecule has 0 saturated carbocycles. The molecule has 1 aliphatic carbocycles. The molecule has 0 aromatic carbocycles. The molecular formula is C14H17Cl3N2O2. The molecule has 21 heavy (non-hydrogen) atoms. The Morgan fingerprint density at radius 3 is 2.76 bits per heavy atom. The number of carbonyl (C=O) groups is 1. The second-order valence-corrected chi connectivity index (χ2v) is 7.87. The van der Waals surface area contributed by atoms with Gasteiger partial charge < -0.3 is 4.74 Å². The molecule has 0 atom stereocenters. The van der Waals surface area contributed by atoms with Crippen LogP contribution in [0.1, 0.15) is 43.1 Å². The van der Waals surface area contributed by atoms with E-state index in [0.717, 1.165) is 30.7 Å². The maximum Gasteiger partial charge on any atom is 0.411 e. The zero-order valence-electron chi connectivity index (χ0n) is 11.9. The molecule has 1 heterocycles. The van der Waals surface area contributed by atoms with Crippen molar-refractivity contribution in [3.05, 3.63) is 23.0 Å². The molecule has 7 heteroatoms. The van der Waals surface area contributed by atoms with Crippen LogP contribution in [0.15, 0.2) is 6.07 Å². The zero-order chi connectivity index (χ0) is 15.6. The number of nitrogens with zero attached hydrogens (tertiary/aromatic N) is 1. The molecule has 1 N–H and O–H groups in total. The largest absolute Gasteiger partial charge is 0.445 e. The number of aryl methyl sites for hydroxylation is 2. The maximum atomic E-state index is 11.8. The Hall–Kier alpha value is -0.710. The van der Waals surface area contributed by atoms with Gasteiger partial charge in [-0.1, -0.05) is 48.7 Å². The fraction of sp³-hybridized carbons (Fsp3) is 0.571. The number of aromatic nitrogens is 1. The van der Waals surface area contributed by atoms with Crippen LogP contribution >= 0.6 is 34.8 Å². The first kappa shape index (κ1) is 16.7. The average molecular weight is 352 g/mol. The number of amides is 1. The average Bonchev–Trinajstić information content (AvgIpc) is 2.81. The summed E-state index contributed by atoms with van der Waals surface area (Å²) in [5.74, 6) is 0.194. The topological polar surface area (TPSA) is 51.2 Å². The number of alkyl halides is 3. The van der Waals surface area contributed by atoms with Gasteiger partial charge in [0.25, 0.3) is 0 Å². The zero-order valence-corrected chi connectivity index (χ0v) is 14.1. The quantitative estimate of drug-likeness (QED) is 0.809. The minimum Gasteiger partial charge on any atom is -0.445 e. The lowest BCUT2D eigenvalue weighted by atomic mass is 10.1. The molecule has 1 aromatic rings. The summed E-state index contributed by atoms with van der Waals surface area (Å²) in [6.45, 7) is 3.75. The standard InChI is InChI=1S/C14H17Cl3N2O2/c1-8(2)12-11(6-9-4-3-5-10(9)18-12)19-13(20)21-7-14(15,16)17/h6,8H,3-5,7H2,1-2H3,(H,19,20). The van der Waals surface area contributed by atoms with Crippen molar-refractivity contribution in [1.29, 1.82) is 0 Å². The van der Waals surface area contributed by atoms with Crippen LogP contribution in [0.25, 0.3) is 0 Å². The molecule has 0 bridgehead atoms. The van der Waals surface area contributed by atoms with Gasteiger partial charge in [0.05, 0.1) is 11.4 Å². The highest BCUT2D eigenvalue weighted by molar-refractivity contribution is 6.67. The van der Waals surface area contributed by atoms with Crippen LogP contribution in [0.5, 0.6) is 0 Å². The van der Waals surface area contributed by atoms with Gasteiger partial charge in [-0.2, -0.15) is 0 Å². The number of rotatable bonds is 3. The molecule has 0 spiro atoms. The molecule has 4 nitrogen and oxygen atoms in total. The summed E-state index contributed by atoms with van der Waals surface area (Å²) in [6, 6.07) is 1.97. The summed E-state index contributed by atoms with van der Waals surface area (Å²) in [6.07, 6.45) is 2.43. The van der Waals surface area contributed by atoms with E-state index in [1.54, 1.807) is 0 Å². The van der Waals surface area contributed by atoms with Crippen LogP contribution < -0.4 is 5.32 Å². The predicted octanol–water partition coefficient (Wildman–Crippen LogP) is 4.61. The van der Waals surface area contributed by atoms with Gasteiger partial charge >= 0.3 is 6.09 Å². The Morgan fingerprint density at radius 2 is 2.14 bits per heavy atom. The summed E-state index contributed by atoms with van der Waals surface area (Å²) in [4.78, 5) is 16.5. The Balaban J connectivity index is 2.13. The van der Waals surface area contributed by atoms with E-state index in [4.69, 9.17) is 39.5 Å². The number of hydrogen-bond donors (Lipinski definition) is 1. The van der Waals surface area contributed by atoms with E-state index in [2.05, 4.69) is 10.3 Å². The van der Waals surface area contributed by atoms with E-state index in [0.29, 0.717) is 5.69 Å². The van der Waals surface area contributed by atoms with E-state index in [-0.39, 0.29) is 12.5 Å². The molecule has 0 unspecified atom stereocenters. The Kier molecular flexibility index (Phi) is 5.23. The van der Waals surface area contributed by atoms with Crippen LogP contribution in [0.4, 0.5) is 10.5 Å². The highest BCUT2D eigenvalue weighted by Crippen LogP contribution is 2.30. The third-order valence-electron chi connectivity index (χ3n) is 3.23. The number of fused-ring (bicyclic) bond motifs is 1. The molecule has 116 valence electrons. The number of ether oxygens (including phenoxy) is 1. The highest BCUT2D eigenvalue weighted by atomic mass is 35.6. The Morgan fingerprint density at radius 1 is 1.43 bits per heavy atom. The van der Waals surface area contributed by atoms with E-state index in [1.165, 1.54) is 5.56 Å². The molecule has 1 amide bonds. The summed E-state index contributed by atoms with van der Waals surface area (Å²) < 4.78 is 3.27. The SMILES string of the molecule is CC(C)c1nc2c(cc1NC(=O)OCC(Cl)(Cl)Cl)CCC2. The lowest BCUT2D eigenvalue weighted by Crippen LogP contribution is -2.22. The van der Waals surface area contributed by atoms with Gasteiger partial charge in [-0.3, -0.25) is 10.3 Å². The normalized spacial score (nSPS) is 14.2. The van der Waals surface area contributed by atoms with E-state index >= 15 is 0 Å². The van der Waals surface area contributed by atoms with Gasteiger partial charge in [0.2, 0.25) is 3.79 Å². The minimum atomic E-state index is -1.62. The van der Waals surface area contributed by atoms with Gasteiger partial charge in [0.1, 0.15) is 6.61 Å². The second-order valence-electron chi connectivity index (χ2n) is 5.35. The predicted molar refractivity (Wildman–Crippen MR) is 85.6 cm³/mol. The van der Waals surface area contributed by atoms with Crippen LogP contribution in [0.2, 0.25) is 0 Å². The number of carbonyl (C=O) groups excluding carboxylic acids is 1. The number of nitrogens with one attached hydrogen (secondary N) is 1. The molecule has 2 rings (SSSR count). The van der Waals surface area contributed by atoms with Crippen molar-refractivity contribution in [1.82, 2.24) is 4.98 Å². The first-order valence-corrected chi connectivity index (χ1v) is 7.93. The number of pyridine rings is 1. The van der Waals surface area contributed by atoms with Crippen LogP contribution in [-0.4, -0.2) is 21.5 Å². The lowest BCUT2D eigenvalue weighted by molar-refractivity contribution is 0.164. The molecule has 0 radical (unpaired) electrons. The Labute approximate surface area is 139 Å². The second kappa shape index (κ2) is 6.59. The third-order valence-corrected chi connectivity index (χ3v) is 3.56. The van der Waals surface area contributed by atoms with Crippen molar-refractivity contribution in [3.63, 3.8) is 0 Å². The van der Waals surface area contributed by atoms with Gasteiger partial charge in [0.15, 0.2) is 0 Å². The molecule has 0 saturated heterocycles. The van der Waals surface area contributed by atoms with Crippen LogP contribution in [0, 0.1) is 0 Å². The molecule has 0 aliphatic heterocycles. The summed E-state index contributed by atoms with van der Waals surface area (Å²) in [5, 5.41) is 2.69. The van der Waals surface area contributed by atoms with E-state index in [1.807, 2.05) is 19.9 Å². The van der Waals surface area contributed by atoms with Crippen molar-refractivity contribution >= 4 is 46.6 Å². The fourth-order valence-corrected chi connectivity index (χ4v) is 2.49. The van der Waals surface area contributed by atoms with Gasteiger partial charge in [0, 0.05) is 5.69 Å². The van der Waals surface area contributed by atoms with Crippen molar-refractivity contribution in [2.75, 3.05) is 11.9 Å². The highest BCUT2D eigenvalue weighted by Gasteiger charge is 2.23. The summed E-state index contributed by atoms with van der Waals surface area (Å²) in [5.41, 5.74) is 3.82. The third kappa shape index (κ3) is 4.63. The van der Waals surface area contributed by atoms with Crippen LogP contribution in [-0.2, 0) is 17.6 Å². The monoisotopic (exact) mass is 350 g/mol. The lowest BCUT2D eigenvalue weighted by Gasteiger charge is -2.16. The Bertz CT molecular complexity index is 542. The minimum absolute atomic E-state index is 0.194. The number of hydrogen-bond acceptors (Lipinski definition) is 3. The van der Waals surface area contributed by atoms with E-state index < -0.39 is 9.89 Å². The van der Waals surface area contributed by atoms with Crippen molar-refractivity contribution in [2.24, 2.45) is 0 Å². The van der Waals surface area contributed by atoms with E-state index in [9.17, 15) is 4.79 Å². The fourth-order valence-electron chi connectivity index (χ4n) is 2.32. The number of halogens is 3. The maximum absolute atomic E-state index is 11.8. The summed E-state index contributed by atoms with van der Waals surface area (Å²) >= 11 is 16.7. The number of anilines is 1. The van der Waals surface area contributed by atoms with Crippen molar-refractivity contribution in [3.8, 4) is 0 Å². The van der Waals surface area contributed by atoms with Gasteiger partial charge in [-0.15, -0.1) is 0 Å².